The average molecular weight is 401 g/mol. The van der Waals surface area contributed by atoms with E-state index in [0.717, 1.165) is 0 Å². The molecule has 6 nitrogen and oxygen atoms in total. The highest BCUT2D eigenvalue weighted by molar-refractivity contribution is 6.30. The Labute approximate surface area is 168 Å². The number of Topliss-reactive ketones (excluding diaryl/α,β-unsaturated/α-hetero) is 1. The average Bonchev–Trinajstić information content (AvgIpc) is 2.68. The van der Waals surface area contributed by atoms with Gasteiger partial charge in [0, 0.05) is 21.9 Å². The van der Waals surface area contributed by atoms with Gasteiger partial charge in [-0.3, -0.25) is 4.79 Å². The van der Waals surface area contributed by atoms with Gasteiger partial charge in [0.25, 0.3) is 0 Å². The molecule has 0 saturated heterocycles. The largest absolute Gasteiger partial charge is 0.493 e. The van der Waals surface area contributed by atoms with Crippen LogP contribution in [0.25, 0.3) is 0 Å². The van der Waals surface area contributed by atoms with Crippen molar-refractivity contribution >= 4 is 23.4 Å². The van der Waals surface area contributed by atoms with E-state index in [1.807, 2.05) is 13.0 Å². The van der Waals surface area contributed by atoms with Crippen LogP contribution in [-0.2, 0) is 0 Å². The first-order chi connectivity index (χ1) is 13.4. The van der Waals surface area contributed by atoms with Crippen LogP contribution >= 0.6 is 11.6 Å². The molecule has 1 unspecified atom stereocenters. The molecule has 0 spiro atoms. The van der Waals surface area contributed by atoms with Gasteiger partial charge in [0.05, 0.1) is 19.8 Å². The lowest BCUT2D eigenvalue weighted by Gasteiger charge is -2.29. The first-order valence-electron chi connectivity index (χ1n) is 8.83. The second kappa shape index (κ2) is 8.35. The molecule has 7 heteroatoms. The fourth-order valence-corrected chi connectivity index (χ4v) is 3.27. The van der Waals surface area contributed by atoms with Crippen LogP contribution in [0.1, 0.15) is 35.8 Å². The quantitative estimate of drug-likeness (QED) is 0.710. The number of carbonyl (C=O) groups excluding carboxylic acids is 2. The van der Waals surface area contributed by atoms with E-state index in [9.17, 15) is 9.59 Å². The van der Waals surface area contributed by atoms with Crippen molar-refractivity contribution in [2.75, 3.05) is 13.7 Å². The fourth-order valence-electron chi connectivity index (χ4n) is 3.14. The van der Waals surface area contributed by atoms with Crippen molar-refractivity contribution < 1.29 is 19.1 Å². The molecule has 2 aromatic carbocycles. The minimum atomic E-state index is -0.624. The maximum absolute atomic E-state index is 13.2. The number of hydrogen-bond donors (Lipinski definition) is 2. The molecule has 0 fully saturated rings. The minimum Gasteiger partial charge on any atom is -0.493 e. The van der Waals surface area contributed by atoms with E-state index in [-0.39, 0.29) is 11.8 Å². The smallest absolute Gasteiger partial charge is 0.319 e. The number of allylic oxidation sites excluding steroid dienone is 1. The Bertz CT molecular complexity index is 938. The number of halogens is 1. The van der Waals surface area contributed by atoms with Gasteiger partial charge in [-0.25, -0.2) is 4.79 Å². The van der Waals surface area contributed by atoms with Gasteiger partial charge < -0.3 is 20.1 Å². The zero-order valence-corrected chi connectivity index (χ0v) is 16.6. The highest BCUT2D eigenvalue weighted by Gasteiger charge is 2.32. The molecule has 0 aliphatic carbocycles. The van der Waals surface area contributed by atoms with Gasteiger partial charge in [0.1, 0.15) is 0 Å². The van der Waals surface area contributed by atoms with Crippen LogP contribution in [0.15, 0.2) is 53.7 Å². The molecule has 0 radical (unpaired) electrons. The summed E-state index contributed by atoms with van der Waals surface area (Å²) in [5.74, 6) is 0.933. The Hall–Kier alpha value is -2.99. The molecule has 0 aromatic heterocycles. The van der Waals surface area contributed by atoms with Crippen molar-refractivity contribution in [2.45, 2.75) is 19.9 Å². The summed E-state index contributed by atoms with van der Waals surface area (Å²) in [4.78, 5) is 25.3. The Morgan fingerprint density at radius 1 is 1.14 bits per heavy atom. The first-order valence-corrected chi connectivity index (χ1v) is 9.21. The predicted octanol–water partition coefficient (Wildman–Crippen LogP) is 4.26. The molecular weight excluding hydrogens is 380 g/mol. The molecule has 1 atom stereocenters. The van der Waals surface area contributed by atoms with Gasteiger partial charge >= 0.3 is 6.03 Å². The molecule has 146 valence electrons. The molecule has 28 heavy (non-hydrogen) atoms. The minimum absolute atomic E-state index is 0.195. The number of amides is 2. The number of benzene rings is 2. The summed E-state index contributed by atoms with van der Waals surface area (Å²) in [5, 5.41) is 6.05. The Morgan fingerprint density at radius 2 is 1.86 bits per heavy atom. The number of carbonyl (C=O) groups is 2. The van der Waals surface area contributed by atoms with Crippen LogP contribution in [0.5, 0.6) is 11.5 Å². The summed E-state index contributed by atoms with van der Waals surface area (Å²) in [6, 6.07) is 11.0. The number of nitrogens with one attached hydrogen (secondary N) is 2. The van der Waals surface area contributed by atoms with Crippen molar-refractivity contribution in [3.63, 3.8) is 0 Å². The summed E-state index contributed by atoms with van der Waals surface area (Å²) in [6.45, 7) is 4.09. The van der Waals surface area contributed by atoms with E-state index in [1.54, 1.807) is 50.4 Å². The standard InChI is InChI=1S/C21H21ClN2O4/c1-4-28-16-10-7-14(11-17(16)27-3)19-18(12(2)23-21(26)24-19)20(25)13-5-8-15(22)9-6-13/h5-11,19H,4H2,1-3H3,(H2,23,24,26). The van der Waals surface area contributed by atoms with Crippen molar-refractivity contribution in [3.8, 4) is 11.5 Å². The molecule has 2 N–H and O–H groups in total. The molecule has 0 saturated carbocycles. The molecule has 1 aliphatic rings. The highest BCUT2D eigenvalue weighted by Crippen LogP contribution is 2.35. The lowest BCUT2D eigenvalue weighted by atomic mass is 9.89. The maximum Gasteiger partial charge on any atom is 0.319 e. The maximum atomic E-state index is 13.2. The Kier molecular flexibility index (Phi) is 5.90. The molecule has 0 bridgehead atoms. The molecule has 2 aromatic rings. The summed E-state index contributed by atoms with van der Waals surface area (Å²) >= 11 is 5.93. The monoisotopic (exact) mass is 400 g/mol. The number of ketones is 1. The number of methoxy groups -OCH3 is 1. The second-order valence-corrected chi connectivity index (χ2v) is 6.69. The predicted molar refractivity (Wildman–Crippen MR) is 107 cm³/mol. The topological polar surface area (TPSA) is 76.7 Å². The second-order valence-electron chi connectivity index (χ2n) is 6.25. The van der Waals surface area contributed by atoms with E-state index in [2.05, 4.69) is 10.6 Å². The van der Waals surface area contributed by atoms with Gasteiger partial charge in [0.2, 0.25) is 0 Å². The van der Waals surface area contributed by atoms with E-state index in [0.29, 0.717) is 45.5 Å². The van der Waals surface area contributed by atoms with Crippen LogP contribution in [0, 0.1) is 0 Å². The van der Waals surface area contributed by atoms with E-state index >= 15 is 0 Å². The van der Waals surface area contributed by atoms with Crippen molar-refractivity contribution in [1.29, 1.82) is 0 Å². The third-order valence-electron chi connectivity index (χ3n) is 4.44. The zero-order valence-electron chi connectivity index (χ0n) is 15.8. The third-order valence-corrected chi connectivity index (χ3v) is 4.69. The highest BCUT2D eigenvalue weighted by atomic mass is 35.5. The van der Waals surface area contributed by atoms with Crippen LogP contribution in [0.3, 0.4) is 0 Å². The zero-order chi connectivity index (χ0) is 20.3. The van der Waals surface area contributed by atoms with E-state index < -0.39 is 6.04 Å². The Balaban J connectivity index is 2.04. The third kappa shape index (κ3) is 3.97. The van der Waals surface area contributed by atoms with Crippen LogP contribution in [-0.4, -0.2) is 25.5 Å². The number of urea groups is 1. The number of hydrogen-bond acceptors (Lipinski definition) is 4. The summed E-state index contributed by atoms with van der Waals surface area (Å²) in [6.07, 6.45) is 0. The van der Waals surface area contributed by atoms with Crippen molar-refractivity contribution in [3.05, 3.63) is 69.9 Å². The molecule has 1 aliphatic heterocycles. The summed E-state index contributed by atoms with van der Waals surface area (Å²) in [7, 11) is 1.55. The molecule has 3 rings (SSSR count). The fraction of sp³-hybridized carbons (Fsp3) is 0.238. The van der Waals surface area contributed by atoms with Crippen molar-refractivity contribution in [2.24, 2.45) is 0 Å². The lowest BCUT2D eigenvalue weighted by molar-refractivity contribution is 0.102. The molecule has 2 amide bonds. The Morgan fingerprint density at radius 3 is 2.50 bits per heavy atom. The van der Waals surface area contributed by atoms with Crippen LogP contribution in [0.4, 0.5) is 4.79 Å². The number of ether oxygens (including phenoxy) is 2. The normalized spacial score (nSPS) is 16.3. The molecular formula is C21H21ClN2O4. The van der Waals surface area contributed by atoms with Crippen LogP contribution < -0.4 is 20.1 Å². The van der Waals surface area contributed by atoms with Crippen LogP contribution in [0.2, 0.25) is 5.02 Å². The van der Waals surface area contributed by atoms with Gasteiger partial charge in [-0.1, -0.05) is 17.7 Å². The van der Waals surface area contributed by atoms with Gasteiger partial charge in [-0.2, -0.15) is 0 Å². The van der Waals surface area contributed by atoms with Gasteiger partial charge in [0.15, 0.2) is 17.3 Å². The molecule has 1 heterocycles. The van der Waals surface area contributed by atoms with Gasteiger partial charge in [-0.05, 0) is 55.8 Å². The van der Waals surface area contributed by atoms with E-state index in [1.165, 1.54) is 0 Å². The number of rotatable bonds is 6. The van der Waals surface area contributed by atoms with Gasteiger partial charge in [-0.15, -0.1) is 0 Å². The lowest BCUT2D eigenvalue weighted by Crippen LogP contribution is -2.45. The van der Waals surface area contributed by atoms with Crippen molar-refractivity contribution in [1.82, 2.24) is 10.6 Å². The van der Waals surface area contributed by atoms with E-state index in [4.69, 9.17) is 21.1 Å². The summed E-state index contributed by atoms with van der Waals surface area (Å²) in [5.41, 5.74) is 2.15. The summed E-state index contributed by atoms with van der Waals surface area (Å²) < 4.78 is 11.0. The SMILES string of the molecule is CCOc1ccc(C2NC(=O)NC(C)=C2C(=O)c2ccc(Cl)cc2)cc1OC. The first kappa shape index (κ1) is 19.8.